The Morgan fingerprint density at radius 3 is 3.14 bits per heavy atom. The molecule has 1 N–H and O–H groups in total. The molecule has 0 amide bonds. The van der Waals surface area contributed by atoms with Crippen LogP contribution in [0.2, 0.25) is 0 Å². The number of nitrogens with zero attached hydrogens (tertiary/aromatic N) is 1. The Kier molecular flexibility index (Phi) is 2.25. The predicted octanol–water partition coefficient (Wildman–Crippen LogP) is 2.11. The molecule has 0 saturated carbocycles. The van der Waals surface area contributed by atoms with Gasteiger partial charge in [0.05, 0.1) is 12.1 Å². The number of hydrogen-bond donors (Lipinski definition) is 1. The second-order valence-electron chi connectivity index (χ2n) is 2.87. The number of esters is 1. The van der Waals surface area contributed by atoms with Crippen LogP contribution in [0.4, 0.5) is 0 Å². The van der Waals surface area contributed by atoms with E-state index in [1.165, 1.54) is 11.3 Å². The average Bonchev–Trinajstić information content (AvgIpc) is 2.61. The summed E-state index contributed by atoms with van der Waals surface area (Å²) in [6.45, 7) is 4.08. The van der Waals surface area contributed by atoms with E-state index in [1.54, 1.807) is 13.0 Å². The summed E-state index contributed by atoms with van der Waals surface area (Å²) in [6, 6.07) is 1.78. The minimum atomic E-state index is -0.276. The number of thiophene rings is 1. The quantitative estimate of drug-likeness (QED) is 0.772. The Morgan fingerprint density at radius 1 is 1.71 bits per heavy atom. The molecule has 2 aromatic heterocycles. The predicted molar refractivity (Wildman–Crippen MR) is 54.7 cm³/mol. The van der Waals surface area contributed by atoms with Gasteiger partial charge in [-0.3, -0.25) is 0 Å². The third kappa shape index (κ3) is 1.50. The normalized spacial score (nSPS) is 10.7. The van der Waals surface area contributed by atoms with Gasteiger partial charge in [-0.15, -0.1) is 11.3 Å². The summed E-state index contributed by atoms with van der Waals surface area (Å²) in [5, 5.41) is 0. The molecule has 2 heterocycles. The monoisotopic (exact) mass is 210 g/mol. The Morgan fingerprint density at radius 2 is 2.50 bits per heavy atom. The number of aromatic amines is 1. The van der Waals surface area contributed by atoms with Crippen molar-refractivity contribution in [3.63, 3.8) is 0 Å². The minimum absolute atomic E-state index is 0.276. The summed E-state index contributed by atoms with van der Waals surface area (Å²) in [4.78, 5) is 20.1. The van der Waals surface area contributed by atoms with Crippen molar-refractivity contribution >= 4 is 27.7 Å². The van der Waals surface area contributed by atoms with Crippen molar-refractivity contribution in [1.82, 2.24) is 9.97 Å². The minimum Gasteiger partial charge on any atom is -0.462 e. The van der Waals surface area contributed by atoms with Crippen LogP contribution in [0.1, 0.15) is 22.4 Å². The fraction of sp³-hybridized carbons (Fsp3) is 0.333. The average molecular weight is 210 g/mol. The Bertz CT molecular complexity index is 441. The molecule has 0 unspecified atom stereocenters. The molecule has 0 fully saturated rings. The summed E-state index contributed by atoms with van der Waals surface area (Å²) in [5.74, 6) is 0.586. The maximum Gasteiger partial charge on any atom is 0.348 e. The highest BCUT2D eigenvalue weighted by Crippen LogP contribution is 2.23. The number of rotatable bonds is 2. The lowest BCUT2D eigenvalue weighted by Gasteiger charge is -1.95. The van der Waals surface area contributed by atoms with Crippen molar-refractivity contribution in [2.45, 2.75) is 13.8 Å². The van der Waals surface area contributed by atoms with Crippen LogP contribution in [0.5, 0.6) is 0 Å². The third-order valence-electron chi connectivity index (χ3n) is 1.77. The molecule has 2 aromatic rings. The van der Waals surface area contributed by atoms with Gasteiger partial charge in [0.1, 0.15) is 15.5 Å². The van der Waals surface area contributed by atoms with E-state index in [2.05, 4.69) is 9.97 Å². The molecule has 74 valence electrons. The van der Waals surface area contributed by atoms with Crippen LogP contribution >= 0.6 is 11.3 Å². The van der Waals surface area contributed by atoms with E-state index < -0.39 is 0 Å². The van der Waals surface area contributed by atoms with Crippen molar-refractivity contribution in [3.05, 3.63) is 16.8 Å². The van der Waals surface area contributed by atoms with Gasteiger partial charge in [0.2, 0.25) is 0 Å². The first kappa shape index (κ1) is 9.21. The molecule has 2 rings (SSSR count). The summed E-state index contributed by atoms with van der Waals surface area (Å²) in [5.41, 5.74) is 0.899. The molecule has 0 atom stereocenters. The van der Waals surface area contributed by atoms with Crippen LogP contribution in [0.15, 0.2) is 6.07 Å². The van der Waals surface area contributed by atoms with Crippen LogP contribution in [0, 0.1) is 6.92 Å². The number of nitrogens with one attached hydrogen (secondary N) is 1. The van der Waals surface area contributed by atoms with E-state index in [4.69, 9.17) is 4.74 Å². The highest BCUT2D eigenvalue weighted by molar-refractivity contribution is 7.20. The van der Waals surface area contributed by atoms with Gasteiger partial charge in [0.25, 0.3) is 0 Å². The van der Waals surface area contributed by atoms with E-state index in [0.29, 0.717) is 11.5 Å². The second kappa shape index (κ2) is 3.42. The SMILES string of the molecule is CCOC(=O)c1cc2[nH]c(C)nc2s1. The Hall–Kier alpha value is -1.36. The van der Waals surface area contributed by atoms with Gasteiger partial charge in [0, 0.05) is 0 Å². The highest BCUT2D eigenvalue weighted by Gasteiger charge is 2.12. The summed E-state index contributed by atoms with van der Waals surface area (Å²) in [7, 11) is 0. The third-order valence-corrected chi connectivity index (χ3v) is 2.78. The molecule has 14 heavy (non-hydrogen) atoms. The van der Waals surface area contributed by atoms with Crippen molar-refractivity contribution in [3.8, 4) is 0 Å². The zero-order valence-corrected chi connectivity index (χ0v) is 8.77. The van der Waals surface area contributed by atoms with Crippen LogP contribution in [-0.2, 0) is 4.74 Å². The first-order valence-electron chi connectivity index (χ1n) is 4.34. The number of ether oxygens (including phenoxy) is 1. The maximum atomic E-state index is 11.3. The Labute approximate surface area is 84.9 Å². The Balaban J connectivity index is 2.36. The second-order valence-corrected chi connectivity index (χ2v) is 3.90. The number of aromatic nitrogens is 2. The number of carbonyl (C=O) groups excluding carboxylic acids is 1. The van der Waals surface area contributed by atoms with Crippen molar-refractivity contribution < 1.29 is 9.53 Å². The number of carbonyl (C=O) groups is 1. The van der Waals surface area contributed by atoms with Gasteiger partial charge in [-0.05, 0) is 19.9 Å². The van der Waals surface area contributed by atoms with E-state index >= 15 is 0 Å². The lowest BCUT2D eigenvalue weighted by Crippen LogP contribution is -2.01. The lowest BCUT2D eigenvalue weighted by molar-refractivity contribution is 0.0532. The van der Waals surface area contributed by atoms with E-state index in [-0.39, 0.29) is 5.97 Å². The molecule has 0 spiro atoms. The standard InChI is InChI=1S/C9H10N2O2S/c1-3-13-9(12)7-4-6-8(14-7)11-5(2)10-6/h4H,3H2,1-2H3,(H,10,11). The van der Waals surface area contributed by atoms with Crippen LogP contribution in [0.25, 0.3) is 10.3 Å². The molecular weight excluding hydrogens is 200 g/mol. The van der Waals surface area contributed by atoms with Gasteiger partial charge in [-0.25, -0.2) is 9.78 Å². The molecule has 0 radical (unpaired) electrons. The van der Waals surface area contributed by atoms with Gasteiger partial charge in [-0.2, -0.15) is 0 Å². The maximum absolute atomic E-state index is 11.3. The van der Waals surface area contributed by atoms with Crippen LogP contribution < -0.4 is 0 Å². The largest absolute Gasteiger partial charge is 0.462 e. The van der Waals surface area contributed by atoms with Gasteiger partial charge in [0.15, 0.2) is 0 Å². The summed E-state index contributed by atoms with van der Waals surface area (Å²) in [6.07, 6.45) is 0. The van der Waals surface area contributed by atoms with E-state index in [0.717, 1.165) is 16.2 Å². The molecule has 4 nitrogen and oxygen atoms in total. The molecule has 5 heteroatoms. The summed E-state index contributed by atoms with van der Waals surface area (Å²) < 4.78 is 4.89. The van der Waals surface area contributed by atoms with Gasteiger partial charge < -0.3 is 9.72 Å². The molecule has 0 aliphatic carbocycles. The topological polar surface area (TPSA) is 55.0 Å². The number of hydrogen-bond acceptors (Lipinski definition) is 4. The smallest absolute Gasteiger partial charge is 0.348 e. The molecular formula is C9H10N2O2S. The zero-order valence-electron chi connectivity index (χ0n) is 7.96. The van der Waals surface area contributed by atoms with Gasteiger partial charge in [-0.1, -0.05) is 0 Å². The number of aryl methyl sites for hydroxylation is 1. The fourth-order valence-corrected chi connectivity index (χ4v) is 2.16. The van der Waals surface area contributed by atoms with Crippen molar-refractivity contribution in [2.24, 2.45) is 0 Å². The fourth-order valence-electron chi connectivity index (χ4n) is 1.23. The first-order valence-corrected chi connectivity index (χ1v) is 5.15. The number of fused-ring (bicyclic) bond motifs is 1. The van der Waals surface area contributed by atoms with E-state index in [1.807, 2.05) is 6.92 Å². The van der Waals surface area contributed by atoms with Crippen LogP contribution in [0.3, 0.4) is 0 Å². The molecule has 0 aliphatic heterocycles. The van der Waals surface area contributed by atoms with E-state index in [9.17, 15) is 4.79 Å². The van der Waals surface area contributed by atoms with Crippen LogP contribution in [-0.4, -0.2) is 22.5 Å². The number of imidazole rings is 1. The summed E-state index contributed by atoms with van der Waals surface area (Å²) >= 11 is 1.35. The first-order chi connectivity index (χ1) is 6.70. The molecule has 0 bridgehead atoms. The van der Waals surface area contributed by atoms with Gasteiger partial charge >= 0.3 is 5.97 Å². The van der Waals surface area contributed by atoms with Crippen molar-refractivity contribution in [2.75, 3.05) is 6.61 Å². The highest BCUT2D eigenvalue weighted by atomic mass is 32.1. The molecule has 0 aromatic carbocycles. The zero-order chi connectivity index (χ0) is 10.1. The lowest BCUT2D eigenvalue weighted by atomic mass is 10.4. The molecule has 0 aliphatic rings. The molecule has 0 saturated heterocycles. The number of H-pyrrole nitrogens is 1. The van der Waals surface area contributed by atoms with Crippen molar-refractivity contribution in [1.29, 1.82) is 0 Å².